The Morgan fingerprint density at radius 1 is 1.09 bits per heavy atom. The lowest BCUT2D eigenvalue weighted by atomic mass is 9.84. The van der Waals surface area contributed by atoms with Crippen molar-refractivity contribution in [2.45, 2.75) is 56.9 Å². The summed E-state index contributed by atoms with van der Waals surface area (Å²) in [6, 6.07) is 10.2. The Balaban J connectivity index is 0.000000371. The number of aliphatic carboxylic acids is 2. The van der Waals surface area contributed by atoms with E-state index in [9.17, 15) is 24.3 Å². The molecular weight excluding hydrogens is 450 g/mol. The molecule has 1 aliphatic carbocycles. The number of ketones is 1. The minimum absolute atomic E-state index is 0.170. The Hall–Kier alpha value is -3.20. The van der Waals surface area contributed by atoms with Gasteiger partial charge in [-0.3, -0.25) is 9.59 Å². The van der Waals surface area contributed by atoms with Crippen molar-refractivity contribution in [1.29, 1.82) is 0 Å². The summed E-state index contributed by atoms with van der Waals surface area (Å²) in [4.78, 5) is 47.9. The van der Waals surface area contributed by atoms with E-state index in [-0.39, 0.29) is 5.91 Å². The molecule has 3 fully saturated rings. The standard InChI is InChI=1S/C22H31N3O2.C4H4O4/c26-20(18-7-3-1-4-8-18)11-14-24-15-12-22(13-16-24)21(27)23-17-25(22)19-9-5-2-6-10-19;5-3(6)1-2-4(7)8/h2,5-6,9-10,18H,1,3-4,7-8,11-17H2,(H,23,27);1-2H,(H,5,6)(H,7,8)/b;2-1+. The topological polar surface area (TPSA) is 131 Å². The molecule has 9 nitrogen and oxygen atoms in total. The van der Waals surface area contributed by atoms with Crippen molar-refractivity contribution in [2.24, 2.45) is 5.92 Å². The number of carbonyl (C=O) groups excluding carboxylic acids is 3. The molecule has 2 heterocycles. The third kappa shape index (κ3) is 7.14. The summed E-state index contributed by atoms with van der Waals surface area (Å²) in [6.07, 6.45) is 9.32. The number of hydrogen-bond donors (Lipinski definition) is 3. The zero-order valence-electron chi connectivity index (χ0n) is 20.0. The number of para-hydroxylation sites is 1. The molecule has 1 aromatic rings. The van der Waals surface area contributed by atoms with E-state index in [1.54, 1.807) is 0 Å². The second-order valence-electron chi connectivity index (χ2n) is 9.50. The first kappa shape index (κ1) is 26.4. The number of carboxylic acids is 2. The number of benzene rings is 1. The number of carboxylic acid groups (broad SMARTS) is 2. The van der Waals surface area contributed by atoms with E-state index in [2.05, 4.69) is 22.3 Å². The van der Waals surface area contributed by atoms with Gasteiger partial charge >= 0.3 is 5.97 Å². The molecule has 0 aromatic heterocycles. The summed E-state index contributed by atoms with van der Waals surface area (Å²) in [5, 5.41) is 20.3. The van der Waals surface area contributed by atoms with Crippen molar-refractivity contribution in [1.82, 2.24) is 5.32 Å². The van der Waals surface area contributed by atoms with Gasteiger partial charge in [-0.25, -0.2) is 4.79 Å². The predicted molar refractivity (Wildman–Crippen MR) is 127 cm³/mol. The normalized spacial score (nSPS) is 24.6. The molecule has 0 atom stereocenters. The van der Waals surface area contributed by atoms with Crippen LogP contribution in [0.3, 0.4) is 0 Å². The van der Waals surface area contributed by atoms with Crippen LogP contribution in [0.15, 0.2) is 42.5 Å². The van der Waals surface area contributed by atoms with E-state index in [0.717, 1.165) is 51.0 Å². The first-order valence-electron chi connectivity index (χ1n) is 12.4. The third-order valence-corrected chi connectivity index (χ3v) is 7.34. The van der Waals surface area contributed by atoms with Gasteiger partial charge in [-0.2, -0.15) is 0 Å². The molecule has 0 bridgehead atoms. The molecule has 9 heteroatoms. The van der Waals surface area contributed by atoms with Gasteiger partial charge in [0.05, 0.1) is 38.7 Å². The molecule has 1 spiro atoms. The van der Waals surface area contributed by atoms with Gasteiger partial charge in [-0.1, -0.05) is 37.5 Å². The molecular formula is C26H35N3O6. The monoisotopic (exact) mass is 485 g/mol. The second kappa shape index (κ2) is 12.5. The Labute approximate surface area is 205 Å². The van der Waals surface area contributed by atoms with Crippen molar-refractivity contribution in [3.63, 3.8) is 0 Å². The number of rotatable bonds is 7. The minimum Gasteiger partial charge on any atom is -0.545 e. The van der Waals surface area contributed by atoms with E-state index >= 15 is 0 Å². The molecule has 1 aromatic carbocycles. The van der Waals surface area contributed by atoms with Crippen LogP contribution in [-0.4, -0.2) is 60.6 Å². The van der Waals surface area contributed by atoms with Crippen LogP contribution >= 0.6 is 0 Å². The average molecular weight is 486 g/mol. The van der Waals surface area contributed by atoms with E-state index in [1.807, 2.05) is 18.2 Å². The molecule has 1 amide bonds. The Kier molecular flexibility index (Phi) is 9.42. The van der Waals surface area contributed by atoms with Gasteiger partial charge in [0.1, 0.15) is 11.3 Å². The number of piperidine rings is 1. The molecule has 2 saturated heterocycles. The lowest BCUT2D eigenvalue weighted by Gasteiger charge is -2.41. The SMILES string of the molecule is O=C(CC[NH+]1CCC2(CC1)C(=O)NCN2c1ccccc1)C1CCCCC1.O=C([O-])/C=C/C(=O)O. The largest absolute Gasteiger partial charge is 0.545 e. The third-order valence-electron chi connectivity index (χ3n) is 7.34. The van der Waals surface area contributed by atoms with Gasteiger partial charge in [0.2, 0.25) is 5.91 Å². The molecule has 2 aliphatic heterocycles. The van der Waals surface area contributed by atoms with Gasteiger partial charge in [-0.15, -0.1) is 0 Å². The van der Waals surface area contributed by atoms with E-state index in [0.29, 0.717) is 36.9 Å². The van der Waals surface area contributed by atoms with Crippen LogP contribution in [-0.2, 0) is 19.2 Å². The summed E-state index contributed by atoms with van der Waals surface area (Å²) >= 11 is 0. The number of Topliss-reactive ketones (excluding diaryl/α,β-unsaturated/α-hetero) is 1. The lowest BCUT2D eigenvalue weighted by Crippen LogP contribution is -3.14. The van der Waals surface area contributed by atoms with Crippen molar-refractivity contribution in [2.75, 3.05) is 31.2 Å². The smallest absolute Gasteiger partial charge is 0.328 e. The van der Waals surface area contributed by atoms with Gasteiger partial charge in [0, 0.05) is 30.5 Å². The van der Waals surface area contributed by atoms with Crippen LogP contribution in [0.1, 0.15) is 51.4 Å². The maximum Gasteiger partial charge on any atom is 0.328 e. The number of quaternary nitrogens is 1. The number of likely N-dealkylation sites (tertiary alicyclic amines) is 1. The number of nitrogens with one attached hydrogen (secondary N) is 2. The fourth-order valence-corrected chi connectivity index (χ4v) is 5.37. The minimum atomic E-state index is -1.51. The first-order valence-corrected chi connectivity index (χ1v) is 12.4. The summed E-state index contributed by atoms with van der Waals surface area (Å²) in [5.41, 5.74) is 0.713. The summed E-state index contributed by atoms with van der Waals surface area (Å²) in [6.45, 7) is 3.46. The first-order chi connectivity index (χ1) is 16.8. The molecule has 0 unspecified atom stereocenters. The van der Waals surface area contributed by atoms with E-state index in [1.165, 1.54) is 24.2 Å². The Morgan fingerprint density at radius 3 is 2.31 bits per heavy atom. The van der Waals surface area contributed by atoms with E-state index < -0.39 is 17.5 Å². The highest BCUT2D eigenvalue weighted by atomic mass is 16.4. The maximum absolute atomic E-state index is 12.7. The fourth-order valence-electron chi connectivity index (χ4n) is 5.37. The van der Waals surface area contributed by atoms with E-state index in [4.69, 9.17) is 5.11 Å². The van der Waals surface area contributed by atoms with Crippen LogP contribution in [0, 0.1) is 5.92 Å². The van der Waals surface area contributed by atoms with Crippen molar-refractivity contribution in [3.05, 3.63) is 42.5 Å². The summed E-state index contributed by atoms with van der Waals surface area (Å²) in [5.74, 6) is -1.83. The molecule has 190 valence electrons. The van der Waals surface area contributed by atoms with Gasteiger partial charge in [0.25, 0.3) is 0 Å². The molecule has 3 N–H and O–H groups in total. The second-order valence-corrected chi connectivity index (χ2v) is 9.50. The van der Waals surface area contributed by atoms with Crippen LogP contribution in [0.2, 0.25) is 0 Å². The molecule has 1 saturated carbocycles. The highest BCUT2D eigenvalue weighted by molar-refractivity contribution is 5.93. The number of hydrogen-bond acceptors (Lipinski definition) is 6. The van der Waals surface area contributed by atoms with Crippen LogP contribution in [0.4, 0.5) is 5.69 Å². The fraction of sp³-hybridized carbons (Fsp3) is 0.538. The van der Waals surface area contributed by atoms with Crippen molar-refractivity contribution in [3.8, 4) is 0 Å². The number of carbonyl (C=O) groups is 4. The summed E-state index contributed by atoms with van der Waals surface area (Å²) < 4.78 is 0. The predicted octanol–water partition coefficient (Wildman–Crippen LogP) is -0.0856. The molecule has 35 heavy (non-hydrogen) atoms. The number of nitrogens with zero attached hydrogens (tertiary/aromatic N) is 1. The molecule has 3 aliphatic rings. The van der Waals surface area contributed by atoms with Crippen LogP contribution in [0.5, 0.6) is 0 Å². The Bertz CT molecular complexity index is 902. The number of anilines is 1. The maximum atomic E-state index is 12.7. The zero-order valence-corrected chi connectivity index (χ0v) is 20.0. The quantitative estimate of drug-likeness (QED) is 0.460. The molecule has 0 radical (unpaired) electrons. The highest BCUT2D eigenvalue weighted by Gasteiger charge is 2.51. The number of amides is 1. The van der Waals surface area contributed by atoms with Gasteiger partial charge in [0.15, 0.2) is 0 Å². The van der Waals surface area contributed by atoms with Crippen LogP contribution in [0.25, 0.3) is 0 Å². The van der Waals surface area contributed by atoms with Crippen molar-refractivity contribution < 1.29 is 34.3 Å². The lowest BCUT2D eigenvalue weighted by molar-refractivity contribution is -0.905. The summed E-state index contributed by atoms with van der Waals surface area (Å²) in [7, 11) is 0. The van der Waals surface area contributed by atoms with Crippen molar-refractivity contribution >= 4 is 29.3 Å². The Morgan fingerprint density at radius 2 is 1.74 bits per heavy atom. The average Bonchev–Trinajstić information content (AvgIpc) is 3.19. The van der Waals surface area contributed by atoms with Crippen LogP contribution < -0.4 is 20.2 Å². The highest BCUT2D eigenvalue weighted by Crippen LogP contribution is 2.33. The zero-order chi connectivity index (χ0) is 25.3. The van der Waals surface area contributed by atoms with Gasteiger partial charge < -0.3 is 30.1 Å². The molecule has 4 rings (SSSR count). The van der Waals surface area contributed by atoms with Gasteiger partial charge in [-0.05, 0) is 31.1 Å².